The maximum Gasteiger partial charge on any atom is 0.252 e. The molecule has 1 aromatic rings. The van der Waals surface area contributed by atoms with E-state index in [0.29, 0.717) is 5.69 Å². The summed E-state index contributed by atoms with van der Waals surface area (Å²) in [6.45, 7) is 0. The van der Waals surface area contributed by atoms with Gasteiger partial charge in [-0.15, -0.1) is 5.10 Å². The quantitative estimate of drug-likeness (QED) is 0.218. The Morgan fingerprint density at radius 2 is 2.21 bits per heavy atom. The predicted octanol–water partition coefficient (Wildman–Crippen LogP) is -0.960. The number of rotatable bonds is 2. The molecule has 0 aliphatic carbocycles. The lowest BCUT2D eigenvalue weighted by Crippen LogP contribution is -2.21. The molecular formula is C6H8N6OS. The number of nitrogens with zero attached hydrogens (tertiary/aromatic N) is 2. The smallest absolute Gasteiger partial charge is 0.252 e. The van der Waals surface area contributed by atoms with Crippen LogP contribution in [0, 0.1) is 4.77 Å². The molecule has 6 N–H and O–H groups in total. The summed E-state index contributed by atoms with van der Waals surface area (Å²) in [5.41, 5.74) is 10.2. The first-order valence-electron chi connectivity index (χ1n) is 3.53. The monoisotopic (exact) mass is 212 g/mol. The number of hydrogen-bond acceptors (Lipinski definition) is 4. The van der Waals surface area contributed by atoms with Crippen LogP contribution in [0.2, 0.25) is 0 Å². The summed E-state index contributed by atoms with van der Waals surface area (Å²) < 4.78 is 0.212. The van der Waals surface area contributed by atoms with Crippen molar-refractivity contribution < 1.29 is 0 Å². The van der Waals surface area contributed by atoms with Crippen LogP contribution in [0.15, 0.2) is 21.1 Å². The zero-order valence-electron chi connectivity index (χ0n) is 7.02. The molecule has 74 valence electrons. The molecule has 0 bridgehead atoms. The van der Waals surface area contributed by atoms with Crippen LogP contribution < -0.4 is 17.0 Å². The third-order valence-corrected chi connectivity index (χ3v) is 1.36. The van der Waals surface area contributed by atoms with Gasteiger partial charge in [0.05, 0.1) is 11.9 Å². The second-order valence-electron chi connectivity index (χ2n) is 2.31. The topological polar surface area (TPSA) is 125 Å². The summed E-state index contributed by atoms with van der Waals surface area (Å²) in [6, 6.07) is 1.28. The van der Waals surface area contributed by atoms with Gasteiger partial charge < -0.3 is 16.5 Å². The number of aromatic nitrogens is 2. The molecule has 0 aromatic carbocycles. The number of hydrogen-bond donors (Lipinski definition) is 4. The molecule has 0 aliphatic heterocycles. The third kappa shape index (κ3) is 3.19. The first-order valence-corrected chi connectivity index (χ1v) is 3.94. The van der Waals surface area contributed by atoms with Crippen molar-refractivity contribution in [1.82, 2.24) is 9.97 Å². The van der Waals surface area contributed by atoms with Gasteiger partial charge in [-0.1, -0.05) is 0 Å². The largest absolute Gasteiger partial charge is 0.369 e. The normalized spacial score (nSPS) is 10.3. The first kappa shape index (κ1) is 10.1. The number of nitrogens with two attached hydrogens (primary N) is 2. The Kier molecular flexibility index (Phi) is 3.13. The fourth-order valence-corrected chi connectivity index (χ4v) is 0.933. The van der Waals surface area contributed by atoms with Crippen LogP contribution in [-0.2, 0) is 0 Å². The van der Waals surface area contributed by atoms with Gasteiger partial charge in [-0.3, -0.25) is 9.78 Å². The van der Waals surface area contributed by atoms with E-state index < -0.39 is 0 Å². The highest BCUT2D eigenvalue weighted by atomic mass is 32.1. The Balaban J connectivity index is 2.98. The van der Waals surface area contributed by atoms with Crippen LogP contribution >= 0.6 is 12.2 Å². The lowest BCUT2D eigenvalue weighted by Gasteiger charge is -1.90. The molecule has 1 rings (SSSR count). The molecule has 0 fully saturated rings. The standard InChI is InChI=1S/C6H8N6OS/c7-5(8)12-9-2-3-1-4(13)11-6(14)10-3/h1-2H,(H4,7,8,12)(H2,10,11,13,14)/b9-2+. The van der Waals surface area contributed by atoms with Gasteiger partial charge in [-0.25, -0.2) is 0 Å². The minimum atomic E-state index is -0.320. The Morgan fingerprint density at radius 3 is 2.79 bits per heavy atom. The van der Waals surface area contributed by atoms with Crippen LogP contribution in [0.3, 0.4) is 0 Å². The lowest BCUT2D eigenvalue weighted by atomic mass is 10.4. The summed E-state index contributed by atoms with van der Waals surface area (Å²) in [5.74, 6) is -0.162. The molecule has 0 spiro atoms. The molecule has 0 unspecified atom stereocenters. The SMILES string of the molecule is NC(N)=N/N=C/c1cc(=O)[nH]c(=S)[nH]1. The second kappa shape index (κ2) is 4.33. The van der Waals surface area contributed by atoms with Crippen molar-refractivity contribution in [2.75, 3.05) is 0 Å². The fourth-order valence-electron chi connectivity index (χ4n) is 0.715. The van der Waals surface area contributed by atoms with E-state index >= 15 is 0 Å². The molecule has 0 saturated carbocycles. The Morgan fingerprint density at radius 1 is 1.50 bits per heavy atom. The summed E-state index contributed by atoms with van der Waals surface area (Å²) in [4.78, 5) is 16.0. The zero-order chi connectivity index (χ0) is 10.6. The number of aromatic amines is 2. The molecule has 7 nitrogen and oxygen atoms in total. The van der Waals surface area contributed by atoms with Crippen molar-refractivity contribution in [2.24, 2.45) is 21.7 Å². The highest BCUT2D eigenvalue weighted by Crippen LogP contribution is 1.83. The molecule has 0 atom stereocenters. The van der Waals surface area contributed by atoms with Crippen molar-refractivity contribution >= 4 is 24.4 Å². The fraction of sp³-hybridized carbons (Fsp3) is 0. The molecule has 0 radical (unpaired) electrons. The van der Waals surface area contributed by atoms with Gasteiger partial charge in [0.15, 0.2) is 4.77 Å². The van der Waals surface area contributed by atoms with E-state index in [4.69, 9.17) is 23.7 Å². The molecule has 1 heterocycles. The van der Waals surface area contributed by atoms with Crippen molar-refractivity contribution in [3.8, 4) is 0 Å². The minimum absolute atomic E-state index is 0.162. The van der Waals surface area contributed by atoms with Gasteiger partial charge in [0, 0.05) is 6.07 Å². The molecular weight excluding hydrogens is 204 g/mol. The van der Waals surface area contributed by atoms with E-state index in [9.17, 15) is 4.79 Å². The van der Waals surface area contributed by atoms with E-state index in [1.54, 1.807) is 0 Å². The summed E-state index contributed by atoms with van der Waals surface area (Å²) in [5, 5.41) is 6.86. The molecule has 0 amide bonds. The van der Waals surface area contributed by atoms with E-state index in [-0.39, 0.29) is 16.3 Å². The lowest BCUT2D eigenvalue weighted by molar-refractivity contribution is 1.07. The Bertz CT molecular complexity index is 451. The molecule has 1 aromatic heterocycles. The van der Waals surface area contributed by atoms with E-state index in [1.807, 2.05) is 0 Å². The third-order valence-electron chi connectivity index (χ3n) is 1.15. The maximum atomic E-state index is 10.9. The number of nitrogens with one attached hydrogen (secondary N) is 2. The summed E-state index contributed by atoms with van der Waals surface area (Å²) in [6.07, 6.45) is 1.28. The number of guanidine groups is 1. The van der Waals surface area contributed by atoms with Crippen LogP contribution in [-0.4, -0.2) is 22.1 Å². The van der Waals surface area contributed by atoms with Crippen molar-refractivity contribution in [3.63, 3.8) is 0 Å². The zero-order valence-corrected chi connectivity index (χ0v) is 7.84. The Hall–Kier alpha value is -1.96. The van der Waals surface area contributed by atoms with Crippen LogP contribution in [0.1, 0.15) is 5.69 Å². The van der Waals surface area contributed by atoms with E-state index in [2.05, 4.69) is 20.2 Å². The second-order valence-corrected chi connectivity index (χ2v) is 2.72. The van der Waals surface area contributed by atoms with Gasteiger partial charge in [0.25, 0.3) is 5.56 Å². The first-order chi connectivity index (χ1) is 6.58. The molecule has 0 saturated heterocycles. The van der Waals surface area contributed by atoms with E-state index in [1.165, 1.54) is 12.3 Å². The van der Waals surface area contributed by atoms with Crippen LogP contribution in [0.4, 0.5) is 0 Å². The van der Waals surface area contributed by atoms with Gasteiger partial charge in [-0.2, -0.15) is 5.10 Å². The summed E-state index contributed by atoms with van der Waals surface area (Å²) in [7, 11) is 0. The van der Waals surface area contributed by atoms with Crippen LogP contribution in [0.25, 0.3) is 0 Å². The average Bonchev–Trinajstić information content (AvgIpc) is 2.01. The molecule has 0 aliphatic rings. The van der Waals surface area contributed by atoms with Gasteiger partial charge >= 0.3 is 0 Å². The Labute approximate surface area is 83.6 Å². The number of H-pyrrole nitrogens is 2. The van der Waals surface area contributed by atoms with Crippen molar-refractivity contribution in [1.29, 1.82) is 0 Å². The van der Waals surface area contributed by atoms with Gasteiger partial charge in [0.1, 0.15) is 0 Å². The predicted molar refractivity (Wildman–Crippen MR) is 55.7 cm³/mol. The molecule has 14 heavy (non-hydrogen) atoms. The summed E-state index contributed by atoms with van der Waals surface area (Å²) >= 11 is 4.73. The van der Waals surface area contributed by atoms with Crippen molar-refractivity contribution in [3.05, 3.63) is 26.9 Å². The van der Waals surface area contributed by atoms with Gasteiger partial charge in [-0.05, 0) is 12.2 Å². The minimum Gasteiger partial charge on any atom is -0.369 e. The van der Waals surface area contributed by atoms with Crippen molar-refractivity contribution in [2.45, 2.75) is 0 Å². The van der Waals surface area contributed by atoms with E-state index in [0.717, 1.165) is 0 Å². The van der Waals surface area contributed by atoms with Crippen LogP contribution in [0.5, 0.6) is 0 Å². The maximum absolute atomic E-state index is 10.9. The van der Waals surface area contributed by atoms with Gasteiger partial charge in [0.2, 0.25) is 5.96 Å². The highest BCUT2D eigenvalue weighted by molar-refractivity contribution is 7.71. The average molecular weight is 212 g/mol. The highest BCUT2D eigenvalue weighted by Gasteiger charge is 1.89. The molecule has 8 heteroatoms.